The van der Waals surface area contributed by atoms with Crippen molar-refractivity contribution >= 4 is 56.3 Å². The topological polar surface area (TPSA) is 103 Å². The Labute approximate surface area is 206 Å². The van der Waals surface area contributed by atoms with E-state index >= 15 is 0 Å². The number of hydrazone groups is 1. The van der Waals surface area contributed by atoms with Crippen LogP contribution in [0.15, 0.2) is 70.2 Å². The van der Waals surface area contributed by atoms with Gasteiger partial charge in [0.2, 0.25) is 0 Å². The number of rotatable bonds is 8. The van der Waals surface area contributed by atoms with Gasteiger partial charge in [-0.3, -0.25) is 14.9 Å². The minimum absolute atomic E-state index is 0.0188. The van der Waals surface area contributed by atoms with Crippen molar-refractivity contribution < 1.29 is 19.2 Å². The van der Waals surface area contributed by atoms with Gasteiger partial charge in [0.1, 0.15) is 6.61 Å². The second kappa shape index (κ2) is 11.0. The molecule has 164 valence electrons. The molecule has 1 N–H and O–H groups in total. The van der Waals surface area contributed by atoms with Crippen molar-refractivity contribution in [3.8, 4) is 11.5 Å². The molecule has 0 saturated carbocycles. The van der Waals surface area contributed by atoms with Crippen molar-refractivity contribution in [2.24, 2.45) is 5.10 Å². The highest BCUT2D eigenvalue weighted by Crippen LogP contribution is 2.37. The zero-order chi connectivity index (χ0) is 23.1. The number of amides is 1. The van der Waals surface area contributed by atoms with Gasteiger partial charge in [-0.15, -0.1) is 0 Å². The van der Waals surface area contributed by atoms with Crippen LogP contribution in [0.1, 0.15) is 21.5 Å². The summed E-state index contributed by atoms with van der Waals surface area (Å²) in [6, 6.07) is 16.8. The van der Waals surface area contributed by atoms with Crippen molar-refractivity contribution in [1.29, 1.82) is 0 Å². The van der Waals surface area contributed by atoms with E-state index in [-0.39, 0.29) is 18.2 Å². The SMILES string of the molecule is COc1cc(/C=N\NC(=O)c2ccc(I)cc2)cc(Br)c1OCc1ccc([N+](=O)[O-])cc1. The first-order valence-corrected chi connectivity index (χ1v) is 11.1. The van der Waals surface area contributed by atoms with Crippen LogP contribution in [-0.4, -0.2) is 24.2 Å². The number of ether oxygens (including phenoxy) is 2. The standard InChI is InChI=1S/C22H17BrIN3O5/c1-31-20-11-15(12-25-26-22(28)16-4-6-17(24)7-5-16)10-19(23)21(20)32-13-14-2-8-18(9-3-14)27(29)30/h2-12H,13H2,1H3,(H,26,28)/b25-12-. The number of nitro groups is 1. The van der Waals surface area contributed by atoms with Gasteiger partial charge in [-0.25, -0.2) is 5.43 Å². The van der Waals surface area contributed by atoms with Crippen LogP contribution in [0.4, 0.5) is 5.69 Å². The highest BCUT2D eigenvalue weighted by molar-refractivity contribution is 14.1. The van der Waals surface area contributed by atoms with Gasteiger partial charge < -0.3 is 9.47 Å². The Morgan fingerprint density at radius 2 is 1.88 bits per heavy atom. The first-order valence-electron chi connectivity index (χ1n) is 9.20. The molecule has 0 spiro atoms. The van der Waals surface area contributed by atoms with E-state index in [0.717, 1.165) is 9.13 Å². The van der Waals surface area contributed by atoms with Gasteiger partial charge in [-0.05, 0) is 98.2 Å². The number of nitrogens with one attached hydrogen (secondary N) is 1. The summed E-state index contributed by atoms with van der Waals surface area (Å²) in [6.45, 7) is 0.201. The zero-order valence-electron chi connectivity index (χ0n) is 16.7. The summed E-state index contributed by atoms with van der Waals surface area (Å²) in [7, 11) is 1.51. The molecule has 8 nitrogen and oxygen atoms in total. The number of halogens is 2. The third kappa shape index (κ3) is 6.26. The van der Waals surface area contributed by atoms with Gasteiger partial charge in [0.15, 0.2) is 11.5 Å². The summed E-state index contributed by atoms with van der Waals surface area (Å²) in [6.07, 6.45) is 1.50. The molecule has 0 fully saturated rings. The molecule has 0 heterocycles. The number of carbonyl (C=O) groups is 1. The summed E-state index contributed by atoms with van der Waals surface area (Å²) in [5.74, 6) is 0.629. The predicted molar refractivity (Wildman–Crippen MR) is 132 cm³/mol. The quantitative estimate of drug-likeness (QED) is 0.161. The van der Waals surface area contributed by atoms with E-state index in [4.69, 9.17) is 9.47 Å². The molecule has 32 heavy (non-hydrogen) atoms. The first-order chi connectivity index (χ1) is 15.4. The van der Waals surface area contributed by atoms with E-state index in [1.165, 1.54) is 25.5 Å². The Hall–Kier alpha value is -2.99. The van der Waals surface area contributed by atoms with Crippen molar-refractivity contribution in [2.75, 3.05) is 7.11 Å². The van der Waals surface area contributed by atoms with Crippen LogP contribution < -0.4 is 14.9 Å². The largest absolute Gasteiger partial charge is 0.493 e. The molecule has 0 aliphatic rings. The number of nitro benzene ring substituents is 1. The van der Waals surface area contributed by atoms with E-state index in [1.54, 1.807) is 36.4 Å². The summed E-state index contributed by atoms with van der Waals surface area (Å²) in [5, 5.41) is 14.8. The zero-order valence-corrected chi connectivity index (χ0v) is 20.5. The summed E-state index contributed by atoms with van der Waals surface area (Å²) in [5.41, 5.74) is 4.47. The van der Waals surface area contributed by atoms with E-state index in [0.29, 0.717) is 27.1 Å². The molecule has 0 saturated heterocycles. The number of methoxy groups -OCH3 is 1. The fourth-order valence-corrected chi connectivity index (χ4v) is 3.59. The molecule has 10 heteroatoms. The summed E-state index contributed by atoms with van der Waals surface area (Å²) in [4.78, 5) is 22.5. The lowest BCUT2D eigenvalue weighted by molar-refractivity contribution is -0.384. The number of benzene rings is 3. The van der Waals surface area contributed by atoms with Crippen LogP contribution in [0, 0.1) is 13.7 Å². The van der Waals surface area contributed by atoms with Crippen molar-refractivity contribution in [1.82, 2.24) is 5.43 Å². The van der Waals surface area contributed by atoms with E-state index in [1.807, 2.05) is 12.1 Å². The molecule has 0 radical (unpaired) electrons. The second-order valence-electron chi connectivity index (χ2n) is 6.45. The molecule has 3 aromatic rings. The lowest BCUT2D eigenvalue weighted by Gasteiger charge is -2.13. The maximum absolute atomic E-state index is 12.2. The van der Waals surface area contributed by atoms with E-state index in [2.05, 4.69) is 49.0 Å². The second-order valence-corrected chi connectivity index (χ2v) is 8.55. The minimum Gasteiger partial charge on any atom is -0.493 e. The molecule has 0 aliphatic heterocycles. The Morgan fingerprint density at radius 1 is 1.19 bits per heavy atom. The number of nitrogens with zero attached hydrogens (tertiary/aromatic N) is 2. The average Bonchev–Trinajstić information content (AvgIpc) is 2.78. The predicted octanol–water partition coefficient (Wildman–Crippen LogP) is 5.31. The number of carbonyl (C=O) groups excluding carboxylic acids is 1. The normalized spacial score (nSPS) is 10.7. The van der Waals surface area contributed by atoms with Gasteiger partial charge in [0.25, 0.3) is 11.6 Å². The Morgan fingerprint density at radius 3 is 2.50 bits per heavy atom. The molecular weight excluding hydrogens is 593 g/mol. The molecule has 0 atom stereocenters. The lowest BCUT2D eigenvalue weighted by atomic mass is 10.2. The highest BCUT2D eigenvalue weighted by atomic mass is 127. The summed E-state index contributed by atoms with van der Waals surface area (Å²) >= 11 is 5.63. The third-order valence-electron chi connectivity index (χ3n) is 4.27. The fourth-order valence-electron chi connectivity index (χ4n) is 2.66. The van der Waals surface area contributed by atoms with Crippen LogP contribution in [0.2, 0.25) is 0 Å². The monoisotopic (exact) mass is 609 g/mol. The summed E-state index contributed by atoms with van der Waals surface area (Å²) < 4.78 is 12.9. The molecule has 1 amide bonds. The van der Waals surface area contributed by atoms with Crippen molar-refractivity contribution in [3.63, 3.8) is 0 Å². The van der Waals surface area contributed by atoms with Crippen LogP contribution >= 0.6 is 38.5 Å². The molecular formula is C22H17BrIN3O5. The Kier molecular flexibility index (Phi) is 8.17. The maximum Gasteiger partial charge on any atom is 0.271 e. The molecule has 0 bridgehead atoms. The van der Waals surface area contributed by atoms with Crippen molar-refractivity contribution in [3.05, 3.63) is 95.5 Å². The van der Waals surface area contributed by atoms with Gasteiger partial charge in [-0.2, -0.15) is 5.10 Å². The first kappa shape index (κ1) is 23.7. The van der Waals surface area contributed by atoms with Gasteiger partial charge >= 0.3 is 0 Å². The molecule has 0 unspecified atom stereocenters. The molecule has 3 rings (SSSR count). The van der Waals surface area contributed by atoms with Gasteiger partial charge in [-0.1, -0.05) is 0 Å². The molecule has 0 aromatic heterocycles. The van der Waals surface area contributed by atoms with Crippen LogP contribution in [0.25, 0.3) is 0 Å². The van der Waals surface area contributed by atoms with Gasteiger partial charge in [0, 0.05) is 21.3 Å². The minimum atomic E-state index is -0.451. The van der Waals surface area contributed by atoms with E-state index < -0.39 is 4.92 Å². The van der Waals surface area contributed by atoms with Crippen LogP contribution in [-0.2, 0) is 6.61 Å². The number of hydrogen-bond acceptors (Lipinski definition) is 6. The van der Waals surface area contributed by atoms with Gasteiger partial charge in [0.05, 0.1) is 22.7 Å². The van der Waals surface area contributed by atoms with E-state index in [9.17, 15) is 14.9 Å². The Bertz CT molecular complexity index is 1150. The third-order valence-corrected chi connectivity index (χ3v) is 5.58. The number of hydrogen-bond donors (Lipinski definition) is 1. The smallest absolute Gasteiger partial charge is 0.271 e. The molecule has 0 aliphatic carbocycles. The maximum atomic E-state index is 12.2. The van der Waals surface area contributed by atoms with Crippen LogP contribution in [0.5, 0.6) is 11.5 Å². The number of non-ortho nitro benzene ring substituents is 1. The average molecular weight is 610 g/mol. The Balaban J connectivity index is 1.67. The lowest BCUT2D eigenvalue weighted by Crippen LogP contribution is -2.17. The van der Waals surface area contributed by atoms with Crippen molar-refractivity contribution in [2.45, 2.75) is 6.61 Å². The van der Waals surface area contributed by atoms with Crippen LogP contribution in [0.3, 0.4) is 0 Å². The highest BCUT2D eigenvalue weighted by Gasteiger charge is 2.12. The molecule has 3 aromatic carbocycles. The fraction of sp³-hybridized carbons (Fsp3) is 0.0909.